The maximum absolute atomic E-state index is 12.9. The lowest BCUT2D eigenvalue weighted by Crippen LogP contribution is -2.21. The predicted molar refractivity (Wildman–Crippen MR) is 48.2 cm³/mol. The summed E-state index contributed by atoms with van der Waals surface area (Å²) in [5, 5.41) is 8.44. The number of carboxylic acid groups (broad SMARTS) is 1. The number of carbonyl (C=O) groups is 1. The fraction of sp³-hybridized carbons (Fsp3) is 0.125. The summed E-state index contributed by atoms with van der Waals surface area (Å²) in [5.74, 6) is -3.07. The Bertz CT molecular complexity index is 346. The van der Waals surface area contributed by atoms with Gasteiger partial charge in [0.25, 0.3) is 0 Å². The fourth-order valence-electron chi connectivity index (χ4n) is 0.887. The van der Waals surface area contributed by atoms with Gasteiger partial charge >= 0.3 is 5.97 Å². The fourth-order valence-corrected chi connectivity index (χ4v) is 0.887. The molecule has 0 radical (unpaired) electrons. The summed E-state index contributed by atoms with van der Waals surface area (Å²) in [6.07, 6.45) is 0. The van der Waals surface area contributed by atoms with E-state index in [-0.39, 0.29) is 18.0 Å². The summed E-state index contributed by atoms with van der Waals surface area (Å²) < 4.78 is 25.3. The highest BCUT2D eigenvalue weighted by molar-refractivity contribution is 5.85. The van der Waals surface area contributed by atoms with E-state index in [1.165, 1.54) is 0 Å². The van der Waals surface area contributed by atoms with Crippen LogP contribution >= 0.6 is 12.4 Å². The van der Waals surface area contributed by atoms with Gasteiger partial charge in [0, 0.05) is 11.6 Å². The lowest BCUT2D eigenvalue weighted by molar-refractivity contribution is -0.138. The third-order valence-corrected chi connectivity index (χ3v) is 1.56. The zero-order valence-electron chi connectivity index (χ0n) is 6.91. The Hall–Kier alpha value is -1.20. The molecule has 0 saturated heterocycles. The van der Waals surface area contributed by atoms with Crippen molar-refractivity contribution >= 4 is 18.4 Å². The van der Waals surface area contributed by atoms with E-state index >= 15 is 0 Å². The van der Waals surface area contributed by atoms with E-state index in [2.05, 4.69) is 0 Å². The number of hydrogen-bond donors (Lipinski definition) is 2. The van der Waals surface area contributed by atoms with Crippen molar-refractivity contribution in [2.45, 2.75) is 6.04 Å². The average Bonchev–Trinajstić information content (AvgIpc) is 2.03. The van der Waals surface area contributed by atoms with Crippen LogP contribution in [0.4, 0.5) is 8.78 Å². The zero-order chi connectivity index (χ0) is 10.0. The summed E-state index contributed by atoms with van der Waals surface area (Å²) in [7, 11) is 0. The Morgan fingerprint density at radius 3 is 2.43 bits per heavy atom. The molecule has 1 aromatic rings. The summed E-state index contributed by atoms with van der Waals surface area (Å²) in [6, 6.07) is 1.11. The molecule has 0 aliphatic heterocycles. The minimum absolute atomic E-state index is 0. The van der Waals surface area contributed by atoms with Gasteiger partial charge in [0.1, 0.15) is 17.7 Å². The van der Waals surface area contributed by atoms with Crippen LogP contribution in [0.5, 0.6) is 0 Å². The molecule has 0 aromatic heterocycles. The van der Waals surface area contributed by atoms with Gasteiger partial charge in [-0.25, -0.2) is 8.78 Å². The topological polar surface area (TPSA) is 63.3 Å². The molecule has 0 bridgehead atoms. The lowest BCUT2D eigenvalue weighted by atomic mass is 10.1. The smallest absolute Gasteiger partial charge is 0.325 e. The van der Waals surface area contributed by atoms with Crippen molar-refractivity contribution in [3.8, 4) is 0 Å². The Morgan fingerprint density at radius 1 is 1.43 bits per heavy atom. The van der Waals surface area contributed by atoms with Gasteiger partial charge in [0.2, 0.25) is 0 Å². The molecule has 1 atom stereocenters. The van der Waals surface area contributed by atoms with Crippen LogP contribution in [0.25, 0.3) is 0 Å². The number of hydrogen-bond acceptors (Lipinski definition) is 2. The Labute approximate surface area is 84.9 Å². The van der Waals surface area contributed by atoms with Crippen LogP contribution in [0, 0.1) is 11.6 Å². The van der Waals surface area contributed by atoms with Gasteiger partial charge in [-0.1, -0.05) is 6.07 Å². The van der Waals surface area contributed by atoms with Gasteiger partial charge in [-0.05, 0) is 6.07 Å². The van der Waals surface area contributed by atoms with Gasteiger partial charge in [0.05, 0.1) is 0 Å². The number of benzene rings is 1. The maximum atomic E-state index is 12.9. The maximum Gasteiger partial charge on any atom is 0.325 e. The van der Waals surface area contributed by atoms with Gasteiger partial charge in [-0.15, -0.1) is 12.4 Å². The second-order valence-corrected chi connectivity index (χ2v) is 2.48. The predicted octanol–water partition coefficient (Wildman–Crippen LogP) is 1.47. The van der Waals surface area contributed by atoms with Crippen LogP contribution in [0.15, 0.2) is 18.2 Å². The van der Waals surface area contributed by atoms with Gasteiger partial charge in [0.15, 0.2) is 0 Å². The molecule has 1 aromatic carbocycles. The van der Waals surface area contributed by atoms with Gasteiger partial charge < -0.3 is 10.8 Å². The Morgan fingerprint density at radius 2 is 2.00 bits per heavy atom. The van der Waals surface area contributed by atoms with Crippen LogP contribution in [0.2, 0.25) is 0 Å². The van der Waals surface area contributed by atoms with Crippen molar-refractivity contribution < 1.29 is 18.7 Å². The molecule has 0 amide bonds. The molecule has 3 N–H and O–H groups in total. The largest absolute Gasteiger partial charge is 0.480 e. The highest BCUT2D eigenvalue weighted by Crippen LogP contribution is 2.15. The lowest BCUT2D eigenvalue weighted by Gasteiger charge is -2.07. The second kappa shape index (κ2) is 4.88. The van der Waals surface area contributed by atoms with E-state index in [1.54, 1.807) is 0 Å². The molecule has 0 saturated carbocycles. The Balaban J connectivity index is 0.00000169. The summed E-state index contributed by atoms with van der Waals surface area (Å²) >= 11 is 0. The van der Waals surface area contributed by atoms with Crippen molar-refractivity contribution in [3.63, 3.8) is 0 Å². The highest BCUT2D eigenvalue weighted by Gasteiger charge is 2.18. The van der Waals surface area contributed by atoms with E-state index in [0.29, 0.717) is 6.07 Å². The van der Waals surface area contributed by atoms with E-state index in [4.69, 9.17) is 10.8 Å². The molecule has 0 fully saturated rings. The molecular formula is C8H8ClF2NO2. The number of halogens is 3. The molecule has 1 unspecified atom stereocenters. The molecule has 0 aliphatic rings. The van der Waals surface area contributed by atoms with Crippen molar-refractivity contribution in [3.05, 3.63) is 35.4 Å². The first kappa shape index (κ1) is 12.8. The van der Waals surface area contributed by atoms with Gasteiger partial charge in [-0.2, -0.15) is 0 Å². The van der Waals surface area contributed by atoms with Crippen molar-refractivity contribution in [2.75, 3.05) is 0 Å². The van der Waals surface area contributed by atoms with Crippen LogP contribution in [0.1, 0.15) is 11.6 Å². The molecule has 78 valence electrons. The number of aliphatic carboxylic acids is 1. The van der Waals surface area contributed by atoms with Crippen LogP contribution in [-0.4, -0.2) is 11.1 Å². The SMILES string of the molecule is Cl.NC(C(=O)O)c1ccc(F)cc1F. The Kier molecular flexibility index (Phi) is 4.46. The summed E-state index contributed by atoms with van der Waals surface area (Å²) in [5.41, 5.74) is 4.90. The van der Waals surface area contributed by atoms with Crippen LogP contribution < -0.4 is 5.73 Å². The first-order valence-electron chi connectivity index (χ1n) is 3.45. The number of nitrogens with two attached hydrogens (primary N) is 1. The minimum atomic E-state index is -1.46. The standard InChI is InChI=1S/C8H7F2NO2.ClH/c9-4-1-2-5(6(10)3-4)7(11)8(12)13;/h1-3,7H,11H2,(H,12,13);1H. The number of rotatable bonds is 2. The molecular weight excluding hydrogens is 216 g/mol. The molecule has 3 nitrogen and oxygen atoms in total. The van der Waals surface area contributed by atoms with Gasteiger partial charge in [-0.3, -0.25) is 4.79 Å². The molecule has 0 spiro atoms. The van der Waals surface area contributed by atoms with Crippen LogP contribution in [0.3, 0.4) is 0 Å². The molecule has 1 rings (SSSR count). The normalized spacial score (nSPS) is 11.6. The monoisotopic (exact) mass is 223 g/mol. The third-order valence-electron chi connectivity index (χ3n) is 1.56. The first-order valence-corrected chi connectivity index (χ1v) is 3.45. The van der Waals surface area contributed by atoms with Crippen molar-refractivity contribution in [2.24, 2.45) is 5.73 Å². The van der Waals surface area contributed by atoms with Crippen molar-refractivity contribution in [1.82, 2.24) is 0 Å². The minimum Gasteiger partial charge on any atom is -0.480 e. The zero-order valence-corrected chi connectivity index (χ0v) is 7.72. The van der Waals surface area contributed by atoms with Crippen LogP contribution in [-0.2, 0) is 4.79 Å². The molecule has 0 aliphatic carbocycles. The molecule has 14 heavy (non-hydrogen) atoms. The first-order chi connectivity index (χ1) is 6.02. The quantitative estimate of drug-likeness (QED) is 0.798. The molecule has 0 heterocycles. The summed E-state index contributed by atoms with van der Waals surface area (Å²) in [6.45, 7) is 0. The van der Waals surface area contributed by atoms with E-state index < -0.39 is 23.6 Å². The highest BCUT2D eigenvalue weighted by atomic mass is 35.5. The van der Waals surface area contributed by atoms with E-state index in [9.17, 15) is 13.6 Å². The second-order valence-electron chi connectivity index (χ2n) is 2.48. The van der Waals surface area contributed by atoms with E-state index in [0.717, 1.165) is 12.1 Å². The van der Waals surface area contributed by atoms with E-state index in [1.807, 2.05) is 0 Å². The van der Waals surface area contributed by atoms with Crippen molar-refractivity contribution in [1.29, 1.82) is 0 Å². The third kappa shape index (κ3) is 2.65. The summed E-state index contributed by atoms with van der Waals surface area (Å²) in [4.78, 5) is 10.4. The number of carboxylic acids is 1. The average molecular weight is 224 g/mol. The molecule has 6 heteroatoms.